The minimum atomic E-state index is 0.662. The maximum Gasteiger partial charge on any atom is 0.151 e. The van der Waals surface area contributed by atoms with E-state index in [2.05, 4.69) is 34.3 Å². The summed E-state index contributed by atoms with van der Waals surface area (Å²) in [6.45, 7) is 2.18. The van der Waals surface area contributed by atoms with Gasteiger partial charge in [0.2, 0.25) is 0 Å². The maximum atomic E-state index is 5.58. The van der Waals surface area contributed by atoms with E-state index < -0.39 is 0 Å². The second-order valence-corrected chi connectivity index (χ2v) is 6.25. The van der Waals surface area contributed by atoms with E-state index in [1.54, 1.807) is 6.26 Å². The van der Waals surface area contributed by atoms with Crippen LogP contribution in [0.3, 0.4) is 0 Å². The molecule has 0 aliphatic rings. The van der Waals surface area contributed by atoms with Crippen LogP contribution in [-0.2, 0) is 19.6 Å². The van der Waals surface area contributed by atoms with E-state index >= 15 is 0 Å². The van der Waals surface area contributed by atoms with Gasteiger partial charge in [0.25, 0.3) is 0 Å². The summed E-state index contributed by atoms with van der Waals surface area (Å²) in [7, 11) is 0. The average Bonchev–Trinajstić information content (AvgIpc) is 3.35. The molecule has 2 heterocycles. The zero-order valence-electron chi connectivity index (χ0n) is 14.4. The zero-order chi connectivity index (χ0) is 17.6. The third-order valence-electron chi connectivity index (χ3n) is 4.22. The normalized spacial score (nSPS) is 11.1. The molecule has 4 nitrogen and oxygen atoms in total. The molecule has 0 fully saturated rings. The van der Waals surface area contributed by atoms with Crippen molar-refractivity contribution in [2.45, 2.75) is 19.6 Å². The van der Waals surface area contributed by atoms with E-state index in [-0.39, 0.29) is 0 Å². The van der Waals surface area contributed by atoms with Crippen LogP contribution in [0.1, 0.15) is 17.1 Å². The first-order valence-corrected chi connectivity index (χ1v) is 8.66. The number of hydrogen-bond acceptors (Lipinski definition) is 4. The van der Waals surface area contributed by atoms with E-state index in [1.165, 1.54) is 5.56 Å². The Morgan fingerprint density at radius 1 is 0.731 bits per heavy atom. The molecular weight excluding hydrogens is 324 g/mol. The highest BCUT2D eigenvalue weighted by atomic mass is 16.5. The lowest BCUT2D eigenvalue weighted by atomic mass is 10.1. The number of benzene rings is 2. The smallest absolute Gasteiger partial charge is 0.151 e. The second-order valence-electron chi connectivity index (χ2n) is 6.25. The Kier molecular flexibility index (Phi) is 4.94. The molecule has 0 saturated carbocycles. The summed E-state index contributed by atoms with van der Waals surface area (Å²) in [4.78, 5) is 2.28. The number of nitrogens with zero attached hydrogens (tertiary/aromatic N) is 2. The van der Waals surface area contributed by atoms with Crippen molar-refractivity contribution in [3.8, 4) is 11.3 Å². The number of furan rings is 1. The van der Waals surface area contributed by atoms with Crippen LogP contribution in [0.2, 0.25) is 0 Å². The minimum absolute atomic E-state index is 0.662. The van der Waals surface area contributed by atoms with Gasteiger partial charge in [-0.15, -0.1) is 0 Å². The molecule has 4 heteroatoms. The first kappa shape index (κ1) is 16.4. The van der Waals surface area contributed by atoms with E-state index in [0.717, 1.165) is 29.3 Å². The third kappa shape index (κ3) is 4.10. The molecule has 26 heavy (non-hydrogen) atoms. The van der Waals surface area contributed by atoms with E-state index in [0.29, 0.717) is 13.1 Å². The third-order valence-corrected chi connectivity index (χ3v) is 4.22. The summed E-state index contributed by atoms with van der Waals surface area (Å²) in [5, 5.41) is 4.22. The van der Waals surface area contributed by atoms with Crippen LogP contribution >= 0.6 is 0 Å². The predicted octanol–water partition coefficient (Wildman–Crippen LogP) is 5.14. The molecular formula is C22H20N2O2. The van der Waals surface area contributed by atoms with Crippen molar-refractivity contribution in [3.63, 3.8) is 0 Å². The van der Waals surface area contributed by atoms with Crippen LogP contribution < -0.4 is 0 Å². The van der Waals surface area contributed by atoms with Crippen molar-refractivity contribution in [1.82, 2.24) is 10.1 Å². The lowest BCUT2D eigenvalue weighted by Crippen LogP contribution is -2.21. The van der Waals surface area contributed by atoms with Crippen LogP contribution in [0.15, 0.2) is 94.1 Å². The van der Waals surface area contributed by atoms with Crippen LogP contribution in [0.25, 0.3) is 11.3 Å². The monoisotopic (exact) mass is 344 g/mol. The van der Waals surface area contributed by atoms with Gasteiger partial charge in [0.1, 0.15) is 11.5 Å². The fourth-order valence-corrected chi connectivity index (χ4v) is 2.99. The van der Waals surface area contributed by atoms with Crippen molar-refractivity contribution in [2.24, 2.45) is 0 Å². The highest BCUT2D eigenvalue weighted by Crippen LogP contribution is 2.21. The molecule has 0 aliphatic heterocycles. The standard InChI is InChI=1S/C22H20N2O2/c1-3-8-18(9-4-1)15-24(16-20-12-7-13-25-20)17-21-14-22(23-26-21)19-10-5-2-6-11-19/h1-14H,15-17H2. The summed E-state index contributed by atoms with van der Waals surface area (Å²) in [6.07, 6.45) is 1.71. The topological polar surface area (TPSA) is 42.4 Å². The lowest BCUT2D eigenvalue weighted by molar-refractivity contribution is 0.200. The molecule has 0 spiro atoms. The summed E-state index contributed by atoms with van der Waals surface area (Å²) in [5.41, 5.74) is 3.17. The fourth-order valence-electron chi connectivity index (χ4n) is 2.99. The van der Waals surface area contributed by atoms with E-state index in [4.69, 9.17) is 8.94 Å². The van der Waals surface area contributed by atoms with Crippen LogP contribution in [0.5, 0.6) is 0 Å². The van der Waals surface area contributed by atoms with Gasteiger partial charge in [-0.1, -0.05) is 65.8 Å². The highest BCUT2D eigenvalue weighted by molar-refractivity contribution is 5.58. The molecule has 0 unspecified atom stereocenters. The SMILES string of the molecule is c1ccc(CN(Cc2ccco2)Cc2cc(-c3ccccc3)no2)cc1. The number of aromatic nitrogens is 1. The average molecular weight is 344 g/mol. The van der Waals surface area contributed by atoms with E-state index in [1.807, 2.05) is 54.6 Å². The Balaban J connectivity index is 1.51. The van der Waals surface area contributed by atoms with Crippen LogP contribution in [-0.4, -0.2) is 10.1 Å². The molecule has 4 rings (SSSR count). The van der Waals surface area contributed by atoms with Crippen molar-refractivity contribution in [2.75, 3.05) is 0 Å². The molecule has 0 aliphatic carbocycles. The van der Waals surface area contributed by atoms with Gasteiger partial charge in [-0.2, -0.15) is 0 Å². The summed E-state index contributed by atoms with van der Waals surface area (Å²) < 4.78 is 11.1. The maximum absolute atomic E-state index is 5.58. The Morgan fingerprint density at radius 3 is 2.19 bits per heavy atom. The van der Waals surface area contributed by atoms with Gasteiger partial charge in [-0.05, 0) is 17.7 Å². The lowest BCUT2D eigenvalue weighted by Gasteiger charge is -2.19. The van der Waals surface area contributed by atoms with Gasteiger partial charge in [0.05, 0.1) is 19.4 Å². The molecule has 0 atom stereocenters. The largest absolute Gasteiger partial charge is 0.468 e. The molecule has 2 aromatic carbocycles. The Labute approximate surface area is 152 Å². The quantitative estimate of drug-likeness (QED) is 0.466. The van der Waals surface area contributed by atoms with Crippen LogP contribution in [0.4, 0.5) is 0 Å². The van der Waals surface area contributed by atoms with Gasteiger partial charge in [0.15, 0.2) is 5.76 Å². The summed E-state index contributed by atoms with van der Waals surface area (Å²) in [5.74, 6) is 1.77. The van der Waals surface area contributed by atoms with E-state index in [9.17, 15) is 0 Å². The van der Waals surface area contributed by atoms with Crippen molar-refractivity contribution in [3.05, 3.63) is 102 Å². The van der Waals surface area contributed by atoms with Crippen molar-refractivity contribution < 1.29 is 8.94 Å². The Hall–Kier alpha value is -3.11. The molecule has 0 amide bonds. The highest BCUT2D eigenvalue weighted by Gasteiger charge is 2.14. The summed E-state index contributed by atoms with van der Waals surface area (Å²) in [6, 6.07) is 26.4. The van der Waals surface area contributed by atoms with Crippen LogP contribution in [0, 0.1) is 0 Å². The van der Waals surface area contributed by atoms with Gasteiger partial charge in [0, 0.05) is 18.2 Å². The molecule has 0 bridgehead atoms. The molecule has 4 aromatic rings. The molecule has 0 saturated heterocycles. The van der Waals surface area contributed by atoms with Crippen molar-refractivity contribution >= 4 is 0 Å². The van der Waals surface area contributed by atoms with Crippen molar-refractivity contribution in [1.29, 1.82) is 0 Å². The first-order valence-electron chi connectivity index (χ1n) is 8.66. The molecule has 0 radical (unpaired) electrons. The Morgan fingerprint density at radius 2 is 1.46 bits per heavy atom. The first-order chi connectivity index (χ1) is 12.9. The van der Waals surface area contributed by atoms with Gasteiger partial charge in [-0.3, -0.25) is 4.90 Å². The zero-order valence-corrected chi connectivity index (χ0v) is 14.4. The van der Waals surface area contributed by atoms with Gasteiger partial charge >= 0.3 is 0 Å². The fraction of sp³-hybridized carbons (Fsp3) is 0.136. The van der Waals surface area contributed by atoms with Gasteiger partial charge < -0.3 is 8.94 Å². The second kappa shape index (κ2) is 7.85. The minimum Gasteiger partial charge on any atom is -0.468 e. The number of hydrogen-bond donors (Lipinski definition) is 0. The molecule has 2 aromatic heterocycles. The van der Waals surface area contributed by atoms with Gasteiger partial charge in [-0.25, -0.2) is 0 Å². The Bertz CT molecular complexity index is 915. The molecule has 0 N–H and O–H groups in total. The molecule has 130 valence electrons. The summed E-state index contributed by atoms with van der Waals surface area (Å²) >= 11 is 0. The number of rotatable bonds is 7. The predicted molar refractivity (Wildman–Crippen MR) is 100 cm³/mol.